The standard InChI is InChI=1S/C5H6.H2O4S/c1-2-4-5-3-1;1-5(2,3)4/h1,5H,2,4H2;(H2,1,2,3,4). The van der Waals surface area contributed by atoms with E-state index in [4.69, 9.17) is 17.5 Å². The summed E-state index contributed by atoms with van der Waals surface area (Å²) in [5.41, 5.74) is 2.97. The van der Waals surface area contributed by atoms with Gasteiger partial charge >= 0.3 is 10.4 Å². The van der Waals surface area contributed by atoms with Crippen LogP contribution < -0.4 is 0 Å². The van der Waals surface area contributed by atoms with Gasteiger partial charge in [0.15, 0.2) is 0 Å². The molecule has 0 atom stereocenters. The summed E-state index contributed by atoms with van der Waals surface area (Å²) in [5, 5.41) is 0. The minimum Gasteiger partial charge on any atom is -0.264 e. The molecule has 0 fully saturated rings. The van der Waals surface area contributed by atoms with Crippen molar-refractivity contribution in [3.8, 4) is 0 Å². The summed E-state index contributed by atoms with van der Waals surface area (Å²) in [7, 11) is -4.67. The Kier molecular flexibility index (Phi) is 3.99. The summed E-state index contributed by atoms with van der Waals surface area (Å²) >= 11 is 0. The van der Waals surface area contributed by atoms with Gasteiger partial charge in [0, 0.05) is 0 Å². The monoisotopic (exact) mass is 164 g/mol. The Labute approximate surface area is 59.5 Å². The van der Waals surface area contributed by atoms with Crippen molar-refractivity contribution in [1.82, 2.24) is 0 Å². The largest absolute Gasteiger partial charge is 0.394 e. The summed E-state index contributed by atoms with van der Waals surface area (Å²) in [6.07, 6.45) is 6.53. The molecule has 10 heavy (non-hydrogen) atoms. The zero-order valence-electron chi connectivity index (χ0n) is 5.19. The molecule has 1 rings (SSSR count). The Balaban J connectivity index is 0.000000162. The van der Waals surface area contributed by atoms with Crippen molar-refractivity contribution in [2.45, 2.75) is 12.8 Å². The zero-order valence-corrected chi connectivity index (χ0v) is 6.00. The molecule has 2 N–H and O–H groups in total. The minimum absolute atomic E-state index is 1.21. The maximum Gasteiger partial charge on any atom is 0.394 e. The maximum atomic E-state index is 8.74. The van der Waals surface area contributed by atoms with E-state index in [1.54, 1.807) is 0 Å². The predicted molar refractivity (Wildman–Crippen MR) is 36.1 cm³/mol. The lowest BCUT2D eigenvalue weighted by Crippen LogP contribution is -1.89. The second-order valence-corrected chi connectivity index (χ2v) is 2.50. The van der Waals surface area contributed by atoms with Crippen molar-refractivity contribution in [1.29, 1.82) is 0 Å². The summed E-state index contributed by atoms with van der Waals surface area (Å²) in [5.74, 6) is 0. The van der Waals surface area contributed by atoms with Crippen LogP contribution in [0.15, 0.2) is 17.9 Å². The van der Waals surface area contributed by atoms with Crippen molar-refractivity contribution in [3.05, 3.63) is 17.9 Å². The van der Waals surface area contributed by atoms with Crippen LogP contribution >= 0.6 is 0 Å². The molecule has 0 heterocycles. The van der Waals surface area contributed by atoms with Gasteiger partial charge in [-0.15, -0.1) is 5.73 Å². The van der Waals surface area contributed by atoms with Gasteiger partial charge in [0.05, 0.1) is 0 Å². The molecule has 0 spiro atoms. The molecule has 0 bridgehead atoms. The first-order valence-corrected chi connectivity index (χ1v) is 3.99. The van der Waals surface area contributed by atoms with Crippen LogP contribution in [0.4, 0.5) is 0 Å². The van der Waals surface area contributed by atoms with Crippen LogP contribution in [-0.4, -0.2) is 17.5 Å². The van der Waals surface area contributed by atoms with Gasteiger partial charge in [-0.05, 0) is 25.0 Å². The third-order valence-electron chi connectivity index (χ3n) is 0.691. The molecule has 4 nitrogen and oxygen atoms in total. The van der Waals surface area contributed by atoms with E-state index in [0.717, 1.165) is 0 Å². The highest BCUT2D eigenvalue weighted by Crippen LogP contribution is 1.95. The zero-order chi connectivity index (χ0) is 8.04. The van der Waals surface area contributed by atoms with Gasteiger partial charge < -0.3 is 0 Å². The van der Waals surface area contributed by atoms with E-state index in [0.29, 0.717) is 0 Å². The van der Waals surface area contributed by atoms with Crippen LogP contribution in [-0.2, 0) is 10.4 Å². The second-order valence-electron chi connectivity index (χ2n) is 1.60. The van der Waals surface area contributed by atoms with E-state index in [1.807, 2.05) is 0 Å². The first-order valence-electron chi connectivity index (χ1n) is 2.59. The molecule has 5 heteroatoms. The maximum absolute atomic E-state index is 8.74. The highest BCUT2D eigenvalue weighted by atomic mass is 32.3. The molecule has 0 saturated heterocycles. The van der Waals surface area contributed by atoms with Crippen molar-refractivity contribution in [2.75, 3.05) is 0 Å². The number of hydrogen-bond donors (Lipinski definition) is 2. The lowest BCUT2D eigenvalue weighted by Gasteiger charge is -1.68. The van der Waals surface area contributed by atoms with Gasteiger partial charge in [-0.1, -0.05) is 0 Å². The Morgan fingerprint density at radius 3 is 1.60 bits per heavy atom. The van der Waals surface area contributed by atoms with E-state index in [9.17, 15) is 0 Å². The lowest BCUT2D eigenvalue weighted by molar-refractivity contribution is 0.381. The van der Waals surface area contributed by atoms with Gasteiger partial charge in [-0.3, -0.25) is 9.11 Å². The average Bonchev–Trinajstić information content (AvgIpc) is 2.07. The van der Waals surface area contributed by atoms with Crippen LogP contribution in [0.2, 0.25) is 0 Å². The van der Waals surface area contributed by atoms with Crippen molar-refractivity contribution in [3.63, 3.8) is 0 Å². The fraction of sp³-hybridized carbons (Fsp3) is 0.400. The van der Waals surface area contributed by atoms with Gasteiger partial charge in [-0.2, -0.15) is 8.42 Å². The van der Waals surface area contributed by atoms with Crippen LogP contribution in [0.1, 0.15) is 12.8 Å². The highest BCUT2D eigenvalue weighted by Gasteiger charge is 1.84. The molecular weight excluding hydrogens is 156 g/mol. The topological polar surface area (TPSA) is 74.6 Å². The molecule has 0 aromatic heterocycles. The van der Waals surface area contributed by atoms with Gasteiger partial charge in [0.25, 0.3) is 0 Å². The van der Waals surface area contributed by atoms with Gasteiger partial charge in [-0.25, -0.2) is 0 Å². The third-order valence-corrected chi connectivity index (χ3v) is 0.691. The smallest absolute Gasteiger partial charge is 0.264 e. The van der Waals surface area contributed by atoms with Gasteiger partial charge in [0.1, 0.15) is 0 Å². The molecule has 0 aliphatic heterocycles. The molecule has 1 aliphatic carbocycles. The molecule has 58 valence electrons. The van der Waals surface area contributed by atoms with Crippen molar-refractivity contribution in [2.24, 2.45) is 0 Å². The third kappa shape index (κ3) is 15.7. The lowest BCUT2D eigenvalue weighted by atomic mass is 10.4. The number of rotatable bonds is 0. The summed E-state index contributed by atoms with van der Waals surface area (Å²) in [6, 6.07) is 0. The average molecular weight is 164 g/mol. The first-order chi connectivity index (χ1) is 4.50. The summed E-state index contributed by atoms with van der Waals surface area (Å²) in [6.45, 7) is 0. The van der Waals surface area contributed by atoms with Crippen molar-refractivity contribution >= 4 is 10.4 Å². The van der Waals surface area contributed by atoms with E-state index in [1.165, 1.54) is 12.8 Å². The Morgan fingerprint density at radius 2 is 1.50 bits per heavy atom. The molecule has 0 saturated carbocycles. The van der Waals surface area contributed by atoms with E-state index >= 15 is 0 Å². The molecule has 0 amide bonds. The van der Waals surface area contributed by atoms with E-state index in [2.05, 4.69) is 17.9 Å². The predicted octanol–water partition coefficient (Wildman–Crippen LogP) is 0.839. The fourth-order valence-electron chi connectivity index (χ4n) is 0.417. The van der Waals surface area contributed by atoms with E-state index < -0.39 is 10.4 Å². The molecule has 0 unspecified atom stereocenters. The minimum atomic E-state index is -4.67. The van der Waals surface area contributed by atoms with E-state index in [-0.39, 0.29) is 0 Å². The number of hydrogen-bond acceptors (Lipinski definition) is 2. The summed E-state index contributed by atoms with van der Waals surface area (Å²) in [4.78, 5) is 0. The number of allylic oxidation sites excluding steroid dienone is 1. The van der Waals surface area contributed by atoms with Crippen LogP contribution in [0, 0.1) is 0 Å². The van der Waals surface area contributed by atoms with Crippen molar-refractivity contribution < 1.29 is 17.5 Å². The normalized spacial score (nSPS) is 14.6. The molecule has 1 aliphatic rings. The van der Waals surface area contributed by atoms with Crippen LogP contribution in [0.25, 0.3) is 0 Å². The van der Waals surface area contributed by atoms with Crippen LogP contribution in [0.3, 0.4) is 0 Å². The first kappa shape index (κ1) is 9.39. The quantitative estimate of drug-likeness (QED) is 0.411. The SMILES string of the molecule is C1=CCCC=1.O=S(=O)(O)O. The molecule has 0 aromatic rings. The second kappa shape index (κ2) is 4.24. The van der Waals surface area contributed by atoms with Crippen LogP contribution in [0.5, 0.6) is 0 Å². The Bertz CT molecular complexity index is 216. The van der Waals surface area contributed by atoms with Gasteiger partial charge in [0.2, 0.25) is 0 Å². The Morgan fingerprint density at radius 1 is 1.20 bits per heavy atom. The molecule has 0 radical (unpaired) electrons. The Hall–Kier alpha value is -0.610. The fourth-order valence-corrected chi connectivity index (χ4v) is 0.417. The summed E-state index contributed by atoms with van der Waals surface area (Å²) < 4.78 is 31.6. The molecular formula is C5H8O4S. The molecule has 0 aromatic carbocycles. The highest BCUT2D eigenvalue weighted by molar-refractivity contribution is 7.79.